The first-order valence-corrected chi connectivity index (χ1v) is 9.15. The van der Waals surface area contributed by atoms with Crippen molar-refractivity contribution < 1.29 is 8.42 Å². The first kappa shape index (κ1) is 15.6. The normalized spacial score (nSPS) is 15.8. The Morgan fingerprint density at radius 3 is 2.47 bits per heavy atom. The molecule has 1 N–H and O–H groups in total. The second-order valence-electron chi connectivity index (χ2n) is 4.06. The number of aryl methyl sites for hydroxylation is 1. The molecule has 7 heteroatoms. The lowest BCUT2D eigenvalue weighted by Crippen LogP contribution is -2.33. The highest BCUT2D eigenvalue weighted by Crippen LogP contribution is 2.30. The molecule has 0 radical (unpaired) electrons. The summed E-state index contributed by atoms with van der Waals surface area (Å²) in [6.45, 7) is 5.74. The average molecular weight is 405 g/mol. The van der Waals surface area contributed by atoms with Crippen LogP contribution in [0.3, 0.4) is 0 Å². The van der Waals surface area contributed by atoms with Crippen molar-refractivity contribution in [1.82, 2.24) is 4.72 Å². The highest BCUT2D eigenvalue weighted by Gasteiger charge is 2.21. The van der Waals surface area contributed by atoms with Crippen molar-refractivity contribution in [1.29, 1.82) is 0 Å². The van der Waals surface area contributed by atoms with Gasteiger partial charge in [-0.25, -0.2) is 13.1 Å². The summed E-state index contributed by atoms with van der Waals surface area (Å²) in [7, 11) is -3.39. The molecule has 1 rings (SSSR count). The summed E-state index contributed by atoms with van der Waals surface area (Å²) in [6.07, 6.45) is 0.755. The van der Waals surface area contributed by atoms with Crippen LogP contribution in [0.4, 0.5) is 0 Å². The predicted molar refractivity (Wildman–Crippen MR) is 79.5 cm³/mol. The van der Waals surface area contributed by atoms with Gasteiger partial charge >= 0.3 is 0 Å². The van der Waals surface area contributed by atoms with E-state index in [1.165, 1.54) is 11.3 Å². The Kier molecular flexibility index (Phi) is 5.65. The van der Waals surface area contributed by atoms with Crippen molar-refractivity contribution in [2.75, 3.05) is 0 Å². The van der Waals surface area contributed by atoms with E-state index in [1.807, 2.05) is 20.8 Å². The monoisotopic (exact) mass is 403 g/mol. The predicted octanol–water partition coefficient (Wildman–Crippen LogP) is 3.66. The van der Waals surface area contributed by atoms with E-state index in [0.717, 1.165) is 15.8 Å². The van der Waals surface area contributed by atoms with Crippen LogP contribution in [0.15, 0.2) is 14.1 Å². The smallest absolute Gasteiger partial charge is 0.208 e. The molecule has 3 nitrogen and oxygen atoms in total. The van der Waals surface area contributed by atoms with Gasteiger partial charge in [0.15, 0.2) is 0 Å². The molecule has 0 saturated heterocycles. The zero-order valence-corrected chi connectivity index (χ0v) is 14.6. The third-order valence-electron chi connectivity index (χ3n) is 2.13. The van der Waals surface area contributed by atoms with Crippen LogP contribution >= 0.6 is 43.2 Å². The zero-order valence-electron chi connectivity index (χ0n) is 9.83. The van der Waals surface area contributed by atoms with Gasteiger partial charge in [-0.3, -0.25) is 0 Å². The average Bonchev–Trinajstić information content (AvgIpc) is 2.44. The number of sulfonamides is 1. The molecule has 1 aromatic rings. The number of halogens is 2. The van der Waals surface area contributed by atoms with E-state index in [2.05, 4.69) is 36.6 Å². The van der Waals surface area contributed by atoms with Crippen LogP contribution in [0.25, 0.3) is 0 Å². The van der Waals surface area contributed by atoms with Crippen LogP contribution in [0.1, 0.15) is 25.8 Å². The molecule has 0 fully saturated rings. The summed E-state index contributed by atoms with van der Waals surface area (Å²) < 4.78 is 28.0. The van der Waals surface area contributed by atoms with E-state index in [1.54, 1.807) is 6.07 Å². The molecular weight excluding hydrogens is 390 g/mol. The molecule has 0 spiro atoms. The second-order valence-corrected chi connectivity index (χ2v) is 9.94. The van der Waals surface area contributed by atoms with E-state index >= 15 is 0 Å². The van der Waals surface area contributed by atoms with Crippen LogP contribution in [-0.2, 0) is 10.0 Å². The highest BCUT2D eigenvalue weighted by atomic mass is 79.9. The number of hydrogen-bond donors (Lipinski definition) is 1. The van der Waals surface area contributed by atoms with Crippen molar-refractivity contribution in [2.45, 2.75) is 42.3 Å². The summed E-state index contributed by atoms with van der Waals surface area (Å²) in [4.78, 5) is 0.289. The SMILES string of the molecule is Cc1cc(S(=O)(=O)NC(C)CC(C)Br)sc1Br. The lowest BCUT2D eigenvalue weighted by molar-refractivity contribution is 0.549. The van der Waals surface area contributed by atoms with Crippen molar-refractivity contribution in [3.8, 4) is 0 Å². The van der Waals surface area contributed by atoms with Crippen LogP contribution in [0.2, 0.25) is 0 Å². The zero-order chi connectivity index (χ0) is 13.2. The quantitative estimate of drug-likeness (QED) is 0.761. The van der Waals surface area contributed by atoms with Gasteiger partial charge in [-0.05, 0) is 47.8 Å². The minimum atomic E-state index is -3.39. The van der Waals surface area contributed by atoms with Gasteiger partial charge in [0.1, 0.15) is 4.21 Å². The lowest BCUT2D eigenvalue weighted by Gasteiger charge is -2.14. The molecule has 2 atom stereocenters. The molecule has 0 saturated carbocycles. The molecule has 1 aromatic heterocycles. The number of alkyl halides is 1. The maximum Gasteiger partial charge on any atom is 0.250 e. The molecule has 98 valence electrons. The molecule has 0 aliphatic carbocycles. The first-order valence-electron chi connectivity index (χ1n) is 5.14. The first-order chi connectivity index (χ1) is 7.72. The van der Waals surface area contributed by atoms with Gasteiger partial charge in [0.2, 0.25) is 10.0 Å². The maximum absolute atomic E-state index is 12.1. The van der Waals surface area contributed by atoms with Gasteiger partial charge in [0.05, 0.1) is 3.79 Å². The van der Waals surface area contributed by atoms with E-state index < -0.39 is 10.0 Å². The maximum atomic E-state index is 12.1. The Labute approximate surface area is 123 Å². The van der Waals surface area contributed by atoms with Gasteiger partial charge in [0, 0.05) is 10.9 Å². The van der Waals surface area contributed by atoms with Crippen LogP contribution in [0.5, 0.6) is 0 Å². The molecular formula is C10H15Br2NO2S2. The Balaban J connectivity index is 2.82. The Hall–Kier alpha value is 0.570. The summed E-state index contributed by atoms with van der Waals surface area (Å²) in [6, 6.07) is 1.59. The Morgan fingerprint density at radius 1 is 1.47 bits per heavy atom. The van der Waals surface area contributed by atoms with Crippen LogP contribution < -0.4 is 4.72 Å². The van der Waals surface area contributed by atoms with Gasteiger partial charge in [-0.15, -0.1) is 11.3 Å². The third kappa shape index (κ3) is 4.63. The number of hydrogen-bond acceptors (Lipinski definition) is 3. The minimum Gasteiger partial charge on any atom is -0.208 e. The Bertz CT molecular complexity index is 463. The molecule has 1 heterocycles. The van der Waals surface area contributed by atoms with Crippen LogP contribution in [-0.4, -0.2) is 19.3 Å². The van der Waals surface area contributed by atoms with E-state index in [9.17, 15) is 8.42 Å². The fourth-order valence-electron chi connectivity index (χ4n) is 1.42. The summed E-state index contributed by atoms with van der Waals surface area (Å²) in [5.41, 5.74) is 0.942. The topological polar surface area (TPSA) is 46.2 Å². The van der Waals surface area contributed by atoms with Crippen LogP contribution in [0, 0.1) is 6.92 Å². The van der Waals surface area contributed by atoms with E-state index in [4.69, 9.17) is 0 Å². The number of thiophene rings is 1. The lowest BCUT2D eigenvalue weighted by atomic mass is 10.2. The van der Waals surface area contributed by atoms with Gasteiger partial charge < -0.3 is 0 Å². The molecule has 0 bridgehead atoms. The van der Waals surface area contributed by atoms with Crippen molar-refractivity contribution in [2.24, 2.45) is 0 Å². The van der Waals surface area contributed by atoms with Crippen molar-refractivity contribution >= 4 is 53.2 Å². The fourth-order valence-corrected chi connectivity index (χ4v) is 5.48. The molecule has 0 aliphatic heterocycles. The standard InChI is InChI=1S/C10H15Br2NO2S2/c1-6-4-9(16-10(6)12)17(14,15)13-8(3)5-7(2)11/h4,7-8,13H,5H2,1-3H3. The summed E-state index contributed by atoms with van der Waals surface area (Å²) in [5, 5.41) is 0. The fraction of sp³-hybridized carbons (Fsp3) is 0.600. The minimum absolute atomic E-state index is 0.0874. The molecule has 0 aliphatic rings. The molecule has 0 amide bonds. The molecule has 17 heavy (non-hydrogen) atoms. The van der Waals surface area contributed by atoms with Crippen molar-refractivity contribution in [3.63, 3.8) is 0 Å². The summed E-state index contributed by atoms with van der Waals surface area (Å²) in [5.74, 6) is 0. The van der Waals surface area contributed by atoms with Gasteiger partial charge in [0.25, 0.3) is 0 Å². The molecule has 0 aromatic carbocycles. The summed E-state index contributed by atoms with van der Waals surface area (Å²) >= 11 is 7.99. The van der Waals surface area contributed by atoms with E-state index in [0.29, 0.717) is 4.21 Å². The second kappa shape index (κ2) is 6.14. The van der Waals surface area contributed by atoms with Gasteiger partial charge in [-0.1, -0.05) is 22.9 Å². The highest BCUT2D eigenvalue weighted by molar-refractivity contribution is 9.11. The Morgan fingerprint density at radius 2 is 2.06 bits per heavy atom. The van der Waals surface area contributed by atoms with Gasteiger partial charge in [-0.2, -0.15) is 0 Å². The van der Waals surface area contributed by atoms with E-state index in [-0.39, 0.29) is 10.9 Å². The largest absolute Gasteiger partial charge is 0.250 e. The number of nitrogens with one attached hydrogen (secondary N) is 1. The van der Waals surface area contributed by atoms with Crippen molar-refractivity contribution in [3.05, 3.63) is 15.4 Å². The third-order valence-corrected chi connectivity index (χ3v) is 6.71. The molecule has 2 unspecified atom stereocenters. The number of rotatable bonds is 5.